The minimum Gasteiger partial charge on any atom is -0.475 e. The molecule has 0 bridgehead atoms. The number of hydrogen-bond donors (Lipinski definition) is 2. The van der Waals surface area contributed by atoms with Crippen molar-refractivity contribution >= 4 is 27.7 Å². The number of H-pyrrole nitrogens is 1. The molecule has 0 aliphatic carbocycles. The van der Waals surface area contributed by atoms with E-state index in [1.807, 2.05) is 5.38 Å². The minimum atomic E-state index is -1.02. The summed E-state index contributed by atoms with van der Waals surface area (Å²) >= 11 is 1.42. The molecule has 0 fully saturated rings. The van der Waals surface area contributed by atoms with Crippen molar-refractivity contribution in [2.45, 2.75) is 0 Å². The van der Waals surface area contributed by atoms with Crippen LogP contribution in [0.1, 0.15) is 10.6 Å². The molecule has 0 aliphatic rings. The zero-order chi connectivity index (χ0) is 7.84. The first-order valence-electron chi connectivity index (χ1n) is 2.94. The van der Waals surface area contributed by atoms with Gasteiger partial charge in [-0.1, -0.05) is 0 Å². The van der Waals surface area contributed by atoms with Crippen LogP contribution in [0.2, 0.25) is 0 Å². The molecule has 56 valence electrons. The molecule has 0 aromatic carbocycles. The van der Waals surface area contributed by atoms with Crippen LogP contribution in [-0.4, -0.2) is 21.0 Å². The van der Waals surface area contributed by atoms with Crippen LogP contribution in [-0.2, 0) is 0 Å². The number of aromatic carboxylic acids is 1. The summed E-state index contributed by atoms with van der Waals surface area (Å²) in [6.45, 7) is 0. The van der Waals surface area contributed by atoms with Gasteiger partial charge >= 0.3 is 5.97 Å². The summed E-state index contributed by atoms with van der Waals surface area (Å²) in [5.41, 5.74) is 0.785. The first kappa shape index (κ1) is 6.36. The number of hydrogen-bond acceptors (Lipinski definition) is 3. The second-order valence-corrected chi connectivity index (χ2v) is 2.92. The number of thiophene rings is 1. The Hall–Kier alpha value is -1.36. The molecular formula is C6H4N2O2S. The average molecular weight is 168 g/mol. The molecule has 5 heteroatoms. The average Bonchev–Trinajstić information content (AvgIpc) is 2.40. The zero-order valence-electron chi connectivity index (χ0n) is 5.37. The molecule has 0 amide bonds. The van der Waals surface area contributed by atoms with Gasteiger partial charge in [-0.15, -0.1) is 11.3 Å². The van der Waals surface area contributed by atoms with Crippen molar-refractivity contribution in [1.82, 2.24) is 9.97 Å². The van der Waals surface area contributed by atoms with Gasteiger partial charge in [-0.2, -0.15) is 0 Å². The molecule has 2 heterocycles. The van der Waals surface area contributed by atoms with Crippen LogP contribution >= 0.6 is 11.3 Å². The highest BCUT2D eigenvalue weighted by atomic mass is 32.1. The fraction of sp³-hybridized carbons (Fsp3) is 0. The first-order chi connectivity index (χ1) is 5.27. The highest BCUT2D eigenvalue weighted by molar-refractivity contribution is 7.16. The van der Waals surface area contributed by atoms with Crippen molar-refractivity contribution in [2.24, 2.45) is 0 Å². The Labute approximate surface area is 65.5 Å². The lowest BCUT2D eigenvalue weighted by Crippen LogP contribution is -1.97. The molecule has 0 saturated heterocycles. The molecule has 0 unspecified atom stereocenters. The molecule has 2 aromatic rings. The predicted molar refractivity (Wildman–Crippen MR) is 40.9 cm³/mol. The van der Waals surface area contributed by atoms with E-state index in [1.54, 1.807) is 6.07 Å². The smallest absolute Gasteiger partial charge is 0.371 e. The van der Waals surface area contributed by atoms with Crippen LogP contribution in [0, 0.1) is 0 Å². The van der Waals surface area contributed by atoms with Crippen molar-refractivity contribution in [3.63, 3.8) is 0 Å². The van der Waals surface area contributed by atoms with Crippen molar-refractivity contribution in [1.29, 1.82) is 0 Å². The number of rotatable bonds is 1. The SMILES string of the molecule is O=C(O)c1nc2sccc2[nH]1. The molecule has 0 spiro atoms. The van der Waals surface area contributed by atoms with E-state index >= 15 is 0 Å². The zero-order valence-corrected chi connectivity index (χ0v) is 6.18. The number of aromatic nitrogens is 2. The number of carbonyl (C=O) groups is 1. The van der Waals surface area contributed by atoms with Gasteiger partial charge in [0.2, 0.25) is 5.82 Å². The fourth-order valence-electron chi connectivity index (χ4n) is 0.841. The van der Waals surface area contributed by atoms with E-state index in [1.165, 1.54) is 11.3 Å². The largest absolute Gasteiger partial charge is 0.475 e. The van der Waals surface area contributed by atoms with Gasteiger partial charge in [-0.3, -0.25) is 0 Å². The maximum Gasteiger partial charge on any atom is 0.371 e. The Kier molecular flexibility index (Phi) is 1.19. The molecule has 2 rings (SSSR count). The van der Waals surface area contributed by atoms with Gasteiger partial charge in [-0.25, -0.2) is 9.78 Å². The van der Waals surface area contributed by atoms with Crippen LogP contribution in [0.25, 0.3) is 10.3 Å². The second kappa shape index (κ2) is 2.06. The molecule has 11 heavy (non-hydrogen) atoms. The molecule has 0 atom stereocenters. The minimum absolute atomic E-state index is 0.00634. The van der Waals surface area contributed by atoms with Crippen molar-refractivity contribution in [3.8, 4) is 0 Å². The van der Waals surface area contributed by atoms with Gasteiger partial charge in [0, 0.05) is 0 Å². The number of carboxylic acids is 1. The van der Waals surface area contributed by atoms with Gasteiger partial charge in [0.1, 0.15) is 4.83 Å². The van der Waals surface area contributed by atoms with Crippen LogP contribution in [0.3, 0.4) is 0 Å². The van der Waals surface area contributed by atoms with Gasteiger partial charge in [-0.05, 0) is 11.4 Å². The Morgan fingerprint density at radius 2 is 2.55 bits per heavy atom. The van der Waals surface area contributed by atoms with Gasteiger partial charge in [0.05, 0.1) is 5.52 Å². The Morgan fingerprint density at radius 3 is 3.18 bits per heavy atom. The van der Waals surface area contributed by atoms with E-state index < -0.39 is 5.97 Å². The standard InChI is InChI=1S/C6H4N2O2S/c9-6(10)4-7-3-1-2-11-5(3)8-4/h1-2H,(H,7,8)(H,9,10). The lowest BCUT2D eigenvalue weighted by atomic mass is 10.6. The van der Waals surface area contributed by atoms with Crippen LogP contribution in [0.15, 0.2) is 11.4 Å². The van der Waals surface area contributed by atoms with Crippen molar-refractivity contribution < 1.29 is 9.90 Å². The molecular weight excluding hydrogens is 164 g/mol. The molecule has 2 aromatic heterocycles. The number of imidazole rings is 1. The number of carboxylic acid groups (broad SMARTS) is 1. The van der Waals surface area contributed by atoms with E-state index in [2.05, 4.69) is 9.97 Å². The maximum atomic E-state index is 10.4. The number of aromatic amines is 1. The monoisotopic (exact) mass is 168 g/mol. The van der Waals surface area contributed by atoms with Gasteiger partial charge < -0.3 is 10.1 Å². The summed E-state index contributed by atoms with van der Waals surface area (Å²) < 4.78 is 0. The predicted octanol–water partition coefficient (Wildman–Crippen LogP) is 1.32. The molecule has 2 N–H and O–H groups in total. The summed E-state index contributed by atoms with van der Waals surface area (Å²) in [6.07, 6.45) is 0. The van der Waals surface area contributed by atoms with Gasteiger partial charge in [0.15, 0.2) is 0 Å². The third-order valence-corrected chi connectivity index (χ3v) is 2.12. The second-order valence-electron chi connectivity index (χ2n) is 2.03. The highest BCUT2D eigenvalue weighted by Gasteiger charge is 2.08. The highest BCUT2D eigenvalue weighted by Crippen LogP contribution is 2.17. The Bertz CT molecular complexity index is 375. The molecule has 4 nitrogen and oxygen atoms in total. The summed E-state index contributed by atoms with van der Waals surface area (Å²) in [4.78, 5) is 17.6. The third kappa shape index (κ3) is 0.894. The van der Waals surface area contributed by atoms with Crippen molar-refractivity contribution in [2.75, 3.05) is 0 Å². The molecule has 0 aliphatic heterocycles. The molecule has 0 radical (unpaired) electrons. The Balaban J connectivity index is 2.67. The summed E-state index contributed by atoms with van der Waals surface area (Å²) in [5.74, 6) is -1.01. The van der Waals surface area contributed by atoms with E-state index in [4.69, 9.17) is 5.11 Å². The van der Waals surface area contributed by atoms with Crippen LogP contribution < -0.4 is 0 Å². The first-order valence-corrected chi connectivity index (χ1v) is 3.82. The van der Waals surface area contributed by atoms with Crippen molar-refractivity contribution in [3.05, 3.63) is 17.3 Å². The fourth-order valence-corrected chi connectivity index (χ4v) is 1.56. The normalized spacial score (nSPS) is 10.5. The number of fused-ring (bicyclic) bond motifs is 1. The maximum absolute atomic E-state index is 10.4. The summed E-state index contributed by atoms with van der Waals surface area (Å²) in [5, 5.41) is 10.4. The Morgan fingerprint density at radius 1 is 1.73 bits per heavy atom. The molecule has 0 saturated carbocycles. The van der Waals surface area contributed by atoms with Crippen LogP contribution in [0.5, 0.6) is 0 Å². The number of nitrogens with one attached hydrogen (secondary N) is 1. The summed E-state index contributed by atoms with van der Waals surface area (Å²) in [7, 11) is 0. The van der Waals surface area contributed by atoms with Gasteiger partial charge in [0.25, 0.3) is 0 Å². The van der Waals surface area contributed by atoms with E-state index in [-0.39, 0.29) is 5.82 Å². The number of nitrogens with zero attached hydrogens (tertiary/aromatic N) is 1. The topological polar surface area (TPSA) is 66.0 Å². The lowest BCUT2D eigenvalue weighted by Gasteiger charge is -1.80. The van der Waals surface area contributed by atoms with Crippen LogP contribution in [0.4, 0.5) is 0 Å². The summed E-state index contributed by atoms with van der Waals surface area (Å²) in [6, 6.07) is 1.80. The van der Waals surface area contributed by atoms with E-state index in [0.717, 1.165) is 10.3 Å². The van der Waals surface area contributed by atoms with E-state index in [0.29, 0.717) is 0 Å². The third-order valence-electron chi connectivity index (χ3n) is 1.31. The van der Waals surface area contributed by atoms with E-state index in [9.17, 15) is 4.79 Å². The quantitative estimate of drug-likeness (QED) is 0.674. The lowest BCUT2D eigenvalue weighted by molar-refractivity contribution is 0.0685.